The number of carbonyl (C=O) groups is 1. The van der Waals surface area contributed by atoms with E-state index in [1.807, 2.05) is 25.8 Å². The van der Waals surface area contributed by atoms with Gasteiger partial charge in [-0.2, -0.15) is 4.98 Å². The van der Waals surface area contributed by atoms with Crippen LogP contribution in [0.4, 0.5) is 16.5 Å². The van der Waals surface area contributed by atoms with E-state index in [-0.39, 0.29) is 11.2 Å². The number of fused-ring (bicyclic) bond motifs is 2. The van der Waals surface area contributed by atoms with Gasteiger partial charge in [0, 0.05) is 13.6 Å². The molecule has 0 radical (unpaired) electrons. The van der Waals surface area contributed by atoms with E-state index in [4.69, 9.17) is 11.6 Å². The van der Waals surface area contributed by atoms with E-state index in [9.17, 15) is 4.79 Å². The zero-order chi connectivity index (χ0) is 14.4. The molecule has 0 aromatic carbocycles. The lowest BCUT2D eigenvalue weighted by Crippen LogP contribution is -2.30. The van der Waals surface area contributed by atoms with Gasteiger partial charge in [0.25, 0.3) is 5.91 Å². The van der Waals surface area contributed by atoms with E-state index in [0.717, 1.165) is 10.0 Å². The van der Waals surface area contributed by atoms with Gasteiger partial charge in [0.2, 0.25) is 5.28 Å². The minimum atomic E-state index is -0.136. The predicted molar refractivity (Wildman–Crippen MR) is 79.3 cm³/mol. The molecular formula is C12H12ClN5OS. The Morgan fingerprint density at radius 2 is 2.15 bits per heavy atom. The molecule has 104 valence electrons. The van der Waals surface area contributed by atoms with Gasteiger partial charge in [0.05, 0.1) is 11.2 Å². The summed E-state index contributed by atoms with van der Waals surface area (Å²) in [4.78, 5) is 28.7. The number of hydrogen-bond donors (Lipinski definition) is 0. The van der Waals surface area contributed by atoms with Crippen LogP contribution in [0.1, 0.15) is 22.4 Å². The van der Waals surface area contributed by atoms with Gasteiger partial charge in [-0.1, -0.05) is 0 Å². The van der Waals surface area contributed by atoms with Crippen LogP contribution in [0.3, 0.4) is 0 Å². The number of amides is 1. The molecule has 0 saturated carbocycles. The largest absolute Gasteiger partial charge is 0.317 e. The summed E-state index contributed by atoms with van der Waals surface area (Å²) in [7, 11) is 1.85. The Labute approximate surface area is 125 Å². The molecule has 6 nitrogen and oxygen atoms in total. The van der Waals surface area contributed by atoms with Crippen LogP contribution in [0.2, 0.25) is 5.28 Å². The molecule has 2 aromatic heterocycles. The third-order valence-corrected chi connectivity index (χ3v) is 4.34. The van der Waals surface area contributed by atoms with Crippen molar-refractivity contribution in [2.45, 2.75) is 13.8 Å². The highest BCUT2D eigenvalue weighted by Crippen LogP contribution is 2.41. The second-order valence-electron chi connectivity index (χ2n) is 4.34. The molecule has 3 heterocycles. The lowest BCUT2D eigenvalue weighted by Gasteiger charge is -2.21. The highest BCUT2D eigenvalue weighted by Gasteiger charge is 2.33. The van der Waals surface area contributed by atoms with Crippen molar-refractivity contribution in [2.75, 3.05) is 23.4 Å². The molecule has 0 atom stereocenters. The summed E-state index contributed by atoms with van der Waals surface area (Å²) >= 11 is 7.35. The minimum absolute atomic E-state index is 0.136. The Balaban J connectivity index is 2.30. The quantitative estimate of drug-likeness (QED) is 0.758. The average molecular weight is 310 g/mol. The van der Waals surface area contributed by atoms with Gasteiger partial charge in [0.15, 0.2) is 11.5 Å². The van der Waals surface area contributed by atoms with Crippen molar-refractivity contribution in [3.05, 3.63) is 22.2 Å². The van der Waals surface area contributed by atoms with Crippen molar-refractivity contribution in [3.8, 4) is 0 Å². The Bertz CT molecular complexity index is 701. The lowest BCUT2D eigenvalue weighted by atomic mass is 10.3. The molecule has 2 aromatic rings. The van der Waals surface area contributed by atoms with Crippen molar-refractivity contribution in [1.82, 2.24) is 15.0 Å². The number of thiazole rings is 1. The number of rotatable bonds is 1. The van der Waals surface area contributed by atoms with Crippen LogP contribution in [0, 0.1) is 6.92 Å². The summed E-state index contributed by atoms with van der Waals surface area (Å²) in [6, 6.07) is 0. The molecular weight excluding hydrogens is 298 g/mol. The van der Waals surface area contributed by atoms with Crippen LogP contribution in [0.25, 0.3) is 0 Å². The van der Waals surface area contributed by atoms with Crippen molar-refractivity contribution < 1.29 is 4.79 Å². The Morgan fingerprint density at radius 3 is 2.85 bits per heavy atom. The first kappa shape index (κ1) is 13.3. The van der Waals surface area contributed by atoms with Crippen LogP contribution >= 0.6 is 22.9 Å². The van der Waals surface area contributed by atoms with Crippen molar-refractivity contribution in [2.24, 2.45) is 0 Å². The predicted octanol–water partition coefficient (Wildman–Crippen LogP) is 2.64. The fourth-order valence-electron chi connectivity index (χ4n) is 2.21. The molecule has 0 saturated heterocycles. The molecule has 0 unspecified atom stereocenters. The molecule has 0 fully saturated rings. The Morgan fingerprint density at radius 1 is 1.40 bits per heavy atom. The first-order chi connectivity index (χ1) is 9.52. The summed E-state index contributed by atoms with van der Waals surface area (Å²) in [6.07, 6.45) is 1.58. The van der Waals surface area contributed by atoms with Gasteiger partial charge < -0.3 is 9.80 Å². The van der Waals surface area contributed by atoms with Gasteiger partial charge >= 0.3 is 0 Å². The van der Waals surface area contributed by atoms with Gasteiger partial charge in [-0.15, -0.1) is 11.3 Å². The molecule has 1 amide bonds. The van der Waals surface area contributed by atoms with Crippen LogP contribution in [0.5, 0.6) is 0 Å². The molecule has 1 aliphatic heterocycles. The zero-order valence-electron chi connectivity index (χ0n) is 11.2. The number of anilines is 3. The second-order valence-corrected chi connectivity index (χ2v) is 5.86. The maximum Gasteiger partial charge on any atom is 0.280 e. The number of hydrogen-bond acceptors (Lipinski definition) is 6. The standard InChI is InChI=1S/C12H12ClN5OS/c1-4-18-7-5-14-12(13)16-9(7)17(3)11-8(10(18)19)15-6(2)20-11/h5H,4H2,1-3H3. The average Bonchev–Trinajstić information content (AvgIpc) is 2.79. The van der Waals surface area contributed by atoms with Crippen molar-refractivity contribution in [1.29, 1.82) is 0 Å². The van der Waals surface area contributed by atoms with Crippen molar-refractivity contribution in [3.63, 3.8) is 0 Å². The molecule has 0 aliphatic carbocycles. The Hall–Kier alpha value is -1.73. The molecule has 1 aliphatic rings. The maximum absolute atomic E-state index is 12.6. The maximum atomic E-state index is 12.6. The van der Waals surface area contributed by atoms with Crippen LogP contribution in [0.15, 0.2) is 6.20 Å². The smallest absolute Gasteiger partial charge is 0.280 e. The highest BCUT2D eigenvalue weighted by molar-refractivity contribution is 7.16. The van der Waals surface area contributed by atoms with E-state index in [1.165, 1.54) is 11.3 Å². The molecule has 3 rings (SSSR count). The summed E-state index contributed by atoms with van der Waals surface area (Å²) in [5, 5.41) is 1.78. The number of nitrogens with zero attached hydrogens (tertiary/aromatic N) is 5. The van der Waals surface area contributed by atoms with Gasteiger partial charge in [0.1, 0.15) is 10.7 Å². The number of aryl methyl sites for hydroxylation is 1. The normalized spacial score (nSPS) is 14.1. The first-order valence-corrected chi connectivity index (χ1v) is 7.28. The van der Waals surface area contributed by atoms with Crippen LogP contribution < -0.4 is 9.80 Å². The number of carbonyl (C=O) groups excluding carboxylic acids is 1. The molecule has 0 N–H and O–H groups in total. The monoisotopic (exact) mass is 309 g/mol. The topological polar surface area (TPSA) is 62.2 Å². The third-order valence-electron chi connectivity index (χ3n) is 3.11. The summed E-state index contributed by atoms with van der Waals surface area (Å²) in [6.45, 7) is 4.30. The summed E-state index contributed by atoms with van der Waals surface area (Å²) in [5.74, 6) is 0.478. The van der Waals surface area contributed by atoms with E-state index in [1.54, 1.807) is 11.1 Å². The minimum Gasteiger partial charge on any atom is -0.317 e. The molecule has 20 heavy (non-hydrogen) atoms. The summed E-state index contributed by atoms with van der Waals surface area (Å²) < 4.78 is 0. The van der Waals surface area contributed by atoms with Gasteiger partial charge in [-0.25, -0.2) is 9.97 Å². The number of halogens is 1. The van der Waals surface area contributed by atoms with E-state index < -0.39 is 0 Å². The third kappa shape index (κ3) is 1.85. The zero-order valence-corrected chi connectivity index (χ0v) is 12.8. The first-order valence-electron chi connectivity index (χ1n) is 6.08. The molecule has 0 spiro atoms. The van der Waals surface area contributed by atoms with E-state index >= 15 is 0 Å². The second kappa shape index (κ2) is 4.68. The SMILES string of the molecule is CCN1C(=O)c2nc(C)sc2N(C)c2nc(Cl)ncc21. The highest BCUT2D eigenvalue weighted by atomic mass is 35.5. The summed E-state index contributed by atoms with van der Waals surface area (Å²) in [5.41, 5.74) is 1.10. The Kier molecular flexibility index (Phi) is 3.10. The lowest BCUT2D eigenvalue weighted by molar-refractivity contribution is 0.0985. The van der Waals surface area contributed by atoms with Crippen LogP contribution in [-0.4, -0.2) is 34.5 Å². The van der Waals surface area contributed by atoms with Gasteiger partial charge in [-0.05, 0) is 25.4 Å². The fourth-order valence-corrected chi connectivity index (χ4v) is 3.21. The number of aromatic nitrogens is 3. The van der Waals surface area contributed by atoms with Crippen LogP contribution in [-0.2, 0) is 0 Å². The van der Waals surface area contributed by atoms with Gasteiger partial charge in [-0.3, -0.25) is 4.79 Å². The van der Waals surface area contributed by atoms with E-state index in [2.05, 4.69) is 15.0 Å². The van der Waals surface area contributed by atoms with E-state index in [0.29, 0.717) is 23.7 Å². The fraction of sp³-hybridized carbons (Fsp3) is 0.333. The molecule has 8 heteroatoms. The molecule has 0 bridgehead atoms. The van der Waals surface area contributed by atoms with Crippen molar-refractivity contribution >= 4 is 45.4 Å².